The molecule has 1 aromatic heterocycles. The van der Waals surface area contributed by atoms with Crippen LogP contribution in [0.15, 0.2) is 41.3 Å². The summed E-state index contributed by atoms with van der Waals surface area (Å²) in [5.74, 6) is 1.67. The van der Waals surface area contributed by atoms with E-state index in [2.05, 4.69) is 14.7 Å². The number of methoxy groups -OCH3 is 2. The van der Waals surface area contributed by atoms with Crippen molar-refractivity contribution in [2.24, 2.45) is 0 Å². The number of nitrogens with zero attached hydrogens (tertiary/aromatic N) is 1. The number of aromatic nitrogens is 2. The van der Waals surface area contributed by atoms with Crippen LogP contribution in [0.2, 0.25) is 0 Å². The Morgan fingerprint density at radius 3 is 2.58 bits per heavy atom. The lowest BCUT2D eigenvalue weighted by atomic mass is 10.3. The molecule has 2 aromatic carbocycles. The molecule has 0 bridgehead atoms. The first-order chi connectivity index (χ1) is 11.4. The van der Waals surface area contributed by atoms with E-state index >= 15 is 0 Å². The van der Waals surface area contributed by atoms with Crippen molar-refractivity contribution >= 4 is 26.7 Å². The van der Waals surface area contributed by atoms with Crippen LogP contribution < -0.4 is 14.2 Å². The van der Waals surface area contributed by atoms with Gasteiger partial charge in [-0.2, -0.15) is 0 Å². The SMILES string of the molecule is COc1ccc(NS(=O)(=O)c2ccc3nc(C)[nH]c3c2)c(OC)c1. The van der Waals surface area contributed by atoms with Gasteiger partial charge in [0.2, 0.25) is 0 Å². The molecule has 0 unspecified atom stereocenters. The van der Waals surface area contributed by atoms with E-state index in [4.69, 9.17) is 9.47 Å². The molecule has 3 aromatic rings. The summed E-state index contributed by atoms with van der Waals surface area (Å²) in [7, 11) is -0.774. The smallest absolute Gasteiger partial charge is 0.262 e. The molecule has 0 radical (unpaired) electrons. The molecule has 7 nitrogen and oxygen atoms in total. The molecule has 0 fully saturated rings. The number of sulfonamides is 1. The van der Waals surface area contributed by atoms with Crippen LogP contribution in [-0.4, -0.2) is 32.6 Å². The lowest BCUT2D eigenvalue weighted by molar-refractivity contribution is 0.395. The third-order valence-corrected chi connectivity index (χ3v) is 4.90. The molecule has 0 saturated carbocycles. The van der Waals surface area contributed by atoms with E-state index in [9.17, 15) is 8.42 Å². The van der Waals surface area contributed by atoms with Gasteiger partial charge < -0.3 is 14.5 Å². The van der Waals surface area contributed by atoms with Crippen molar-refractivity contribution in [3.05, 3.63) is 42.2 Å². The third-order valence-electron chi connectivity index (χ3n) is 3.54. The molecule has 0 amide bonds. The summed E-state index contributed by atoms with van der Waals surface area (Å²) in [5.41, 5.74) is 1.71. The van der Waals surface area contributed by atoms with Gasteiger partial charge in [-0.1, -0.05) is 0 Å². The van der Waals surface area contributed by atoms with Crippen molar-refractivity contribution < 1.29 is 17.9 Å². The summed E-state index contributed by atoms with van der Waals surface area (Å²) >= 11 is 0. The zero-order valence-corrected chi connectivity index (χ0v) is 14.3. The lowest BCUT2D eigenvalue weighted by Gasteiger charge is -2.13. The Morgan fingerprint density at radius 2 is 1.88 bits per heavy atom. The summed E-state index contributed by atoms with van der Waals surface area (Å²) in [6.45, 7) is 1.81. The zero-order valence-electron chi connectivity index (χ0n) is 13.5. The maximum absolute atomic E-state index is 12.6. The number of H-pyrrole nitrogens is 1. The number of imidazole rings is 1. The monoisotopic (exact) mass is 347 g/mol. The molecule has 126 valence electrons. The van der Waals surface area contributed by atoms with Crippen molar-refractivity contribution in [3.8, 4) is 11.5 Å². The Morgan fingerprint density at radius 1 is 1.08 bits per heavy atom. The predicted molar refractivity (Wildman–Crippen MR) is 91.2 cm³/mol. The van der Waals surface area contributed by atoms with Gasteiger partial charge in [-0.15, -0.1) is 0 Å². The van der Waals surface area contributed by atoms with Gasteiger partial charge >= 0.3 is 0 Å². The molecule has 24 heavy (non-hydrogen) atoms. The van der Waals surface area contributed by atoms with Gasteiger partial charge in [-0.25, -0.2) is 13.4 Å². The quantitative estimate of drug-likeness (QED) is 0.740. The molecule has 0 atom stereocenters. The second kappa shape index (κ2) is 6.04. The highest BCUT2D eigenvalue weighted by Gasteiger charge is 2.18. The first kappa shape index (κ1) is 16.1. The van der Waals surface area contributed by atoms with Crippen LogP contribution in [0.3, 0.4) is 0 Å². The summed E-state index contributed by atoms with van der Waals surface area (Å²) in [6, 6.07) is 9.59. The summed E-state index contributed by atoms with van der Waals surface area (Å²) < 4.78 is 38.1. The summed E-state index contributed by atoms with van der Waals surface area (Å²) in [6.07, 6.45) is 0. The van der Waals surface area contributed by atoms with E-state index in [1.165, 1.54) is 20.3 Å². The number of aryl methyl sites for hydroxylation is 1. The molecule has 3 rings (SSSR count). The van der Waals surface area contributed by atoms with Crippen LogP contribution in [0, 0.1) is 6.92 Å². The number of nitrogens with one attached hydrogen (secondary N) is 2. The maximum atomic E-state index is 12.6. The fraction of sp³-hybridized carbons (Fsp3) is 0.188. The molecular weight excluding hydrogens is 330 g/mol. The Balaban J connectivity index is 1.98. The maximum Gasteiger partial charge on any atom is 0.262 e. The number of hydrogen-bond acceptors (Lipinski definition) is 5. The summed E-state index contributed by atoms with van der Waals surface area (Å²) in [5, 5.41) is 0. The van der Waals surface area contributed by atoms with Crippen molar-refractivity contribution in [1.82, 2.24) is 9.97 Å². The number of benzene rings is 2. The largest absolute Gasteiger partial charge is 0.497 e. The predicted octanol–water partition coefficient (Wildman–Crippen LogP) is 2.69. The Bertz CT molecular complexity index is 996. The first-order valence-electron chi connectivity index (χ1n) is 7.14. The molecule has 1 heterocycles. The van der Waals surface area contributed by atoms with E-state index < -0.39 is 10.0 Å². The van der Waals surface area contributed by atoms with Crippen molar-refractivity contribution in [3.63, 3.8) is 0 Å². The molecule has 0 aliphatic rings. The van der Waals surface area contributed by atoms with Gasteiger partial charge in [0.15, 0.2) is 0 Å². The van der Waals surface area contributed by atoms with E-state index in [0.717, 1.165) is 5.82 Å². The molecule has 8 heteroatoms. The van der Waals surface area contributed by atoms with Crippen molar-refractivity contribution in [1.29, 1.82) is 0 Å². The standard InChI is InChI=1S/C16H17N3O4S/c1-10-17-13-7-5-12(9-15(13)18-10)24(20,21)19-14-6-4-11(22-2)8-16(14)23-3/h4-9,19H,1-3H3,(H,17,18). The summed E-state index contributed by atoms with van der Waals surface area (Å²) in [4.78, 5) is 7.43. The average molecular weight is 347 g/mol. The van der Waals surface area contributed by atoms with Gasteiger partial charge in [0, 0.05) is 6.07 Å². The number of rotatable bonds is 5. The zero-order chi connectivity index (χ0) is 17.3. The number of hydrogen-bond donors (Lipinski definition) is 2. The van der Waals surface area contributed by atoms with Gasteiger partial charge in [0.05, 0.1) is 35.8 Å². The molecule has 0 aliphatic carbocycles. The molecule has 2 N–H and O–H groups in total. The highest BCUT2D eigenvalue weighted by atomic mass is 32.2. The number of ether oxygens (including phenoxy) is 2. The Labute approximate surface area is 139 Å². The lowest BCUT2D eigenvalue weighted by Crippen LogP contribution is -2.13. The second-order valence-corrected chi connectivity index (χ2v) is 6.86. The molecular formula is C16H17N3O4S. The Hall–Kier alpha value is -2.74. The Kier molecular flexibility index (Phi) is 4.06. The van der Waals surface area contributed by atoms with E-state index in [1.54, 1.807) is 30.3 Å². The van der Waals surface area contributed by atoms with Gasteiger partial charge in [0.25, 0.3) is 10.0 Å². The topological polar surface area (TPSA) is 93.3 Å². The first-order valence-corrected chi connectivity index (χ1v) is 8.62. The van der Waals surface area contributed by atoms with Gasteiger partial charge in [0.1, 0.15) is 17.3 Å². The van der Waals surface area contributed by atoms with Crippen LogP contribution in [0.5, 0.6) is 11.5 Å². The van der Waals surface area contributed by atoms with E-state index in [0.29, 0.717) is 28.2 Å². The van der Waals surface area contributed by atoms with E-state index in [1.807, 2.05) is 6.92 Å². The highest BCUT2D eigenvalue weighted by molar-refractivity contribution is 7.92. The second-order valence-electron chi connectivity index (χ2n) is 5.17. The minimum absolute atomic E-state index is 0.136. The van der Waals surface area contributed by atoms with Crippen LogP contribution in [0.4, 0.5) is 5.69 Å². The van der Waals surface area contributed by atoms with E-state index in [-0.39, 0.29) is 4.90 Å². The number of fused-ring (bicyclic) bond motifs is 1. The fourth-order valence-corrected chi connectivity index (χ4v) is 3.47. The molecule has 0 saturated heterocycles. The fourth-order valence-electron chi connectivity index (χ4n) is 2.37. The van der Waals surface area contributed by atoms with Gasteiger partial charge in [-0.05, 0) is 37.3 Å². The van der Waals surface area contributed by atoms with Crippen LogP contribution >= 0.6 is 0 Å². The highest BCUT2D eigenvalue weighted by Crippen LogP contribution is 2.31. The normalized spacial score (nSPS) is 11.5. The number of aromatic amines is 1. The molecule has 0 spiro atoms. The number of anilines is 1. The minimum Gasteiger partial charge on any atom is -0.497 e. The third kappa shape index (κ3) is 3.00. The average Bonchev–Trinajstić information content (AvgIpc) is 2.94. The van der Waals surface area contributed by atoms with Crippen LogP contribution in [0.1, 0.15) is 5.82 Å². The van der Waals surface area contributed by atoms with Crippen LogP contribution in [0.25, 0.3) is 11.0 Å². The van der Waals surface area contributed by atoms with Gasteiger partial charge in [-0.3, -0.25) is 4.72 Å². The van der Waals surface area contributed by atoms with Crippen LogP contribution in [-0.2, 0) is 10.0 Å². The minimum atomic E-state index is -3.77. The molecule has 0 aliphatic heterocycles. The van der Waals surface area contributed by atoms with Crippen molar-refractivity contribution in [2.45, 2.75) is 11.8 Å². The van der Waals surface area contributed by atoms with Crippen molar-refractivity contribution in [2.75, 3.05) is 18.9 Å².